The predicted octanol–water partition coefficient (Wildman–Crippen LogP) is 3.94. The van der Waals surface area contributed by atoms with Crippen molar-refractivity contribution < 1.29 is 4.39 Å². The number of benzene rings is 1. The molecule has 2 aromatic rings. The van der Waals surface area contributed by atoms with E-state index < -0.39 is 5.82 Å². The number of hydrogen-bond donors (Lipinski definition) is 1. The normalized spacial score (nSPS) is 18.7. The van der Waals surface area contributed by atoms with Crippen molar-refractivity contribution in [2.45, 2.75) is 25.3 Å². The molecular formula is C13H12ClFN2S. The summed E-state index contributed by atoms with van der Waals surface area (Å²) in [6.07, 6.45) is 3.13. The molecule has 0 saturated carbocycles. The second-order valence-corrected chi connectivity index (χ2v) is 5.95. The van der Waals surface area contributed by atoms with Crippen LogP contribution in [0.3, 0.4) is 0 Å². The Morgan fingerprint density at radius 2 is 2.28 bits per heavy atom. The molecule has 18 heavy (non-hydrogen) atoms. The number of fused-ring (bicyclic) bond motifs is 1. The Kier molecular flexibility index (Phi) is 3.09. The van der Waals surface area contributed by atoms with Gasteiger partial charge in [0.1, 0.15) is 10.8 Å². The number of halogens is 2. The van der Waals surface area contributed by atoms with Crippen LogP contribution in [0.5, 0.6) is 0 Å². The highest BCUT2D eigenvalue weighted by atomic mass is 35.5. The van der Waals surface area contributed by atoms with Gasteiger partial charge in [-0.3, -0.25) is 0 Å². The van der Waals surface area contributed by atoms with E-state index in [1.807, 2.05) is 0 Å². The molecule has 0 spiro atoms. The van der Waals surface area contributed by atoms with Crippen molar-refractivity contribution in [3.8, 4) is 10.6 Å². The average molecular weight is 283 g/mol. The van der Waals surface area contributed by atoms with Crippen LogP contribution in [0.1, 0.15) is 29.5 Å². The highest BCUT2D eigenvalue weighted by molar-refractivity contribution is 7.15. The zero-order chi connectivity index (χ0) is 12.7. The quantitative estimate of drug-likeness (QED) is 0.860. The lowest BCUT2D eigenvalue weighted by molar-refractivity contribution is 0.564. The lowest BCUT2D eigenvalue weighted by atomic mass is 9.99. The fraction of sp³-hybridized carbons (Fsp3) is 0.308. The molecule has 0 radical (unpaired) electrons. The van der Waals surface area contributed by atoms with Crippen molar-refractivity contribution in [1.82, 2.24) is 4.98 Å². The first-order valence-corrected chi connectivity index (χ1v) is 7.05. The molecule has 94 valence electrons. The highest BCUT2D eigenvalue weighted by Gasteiger charge is 2.22. The minimum absolute atomic E-state index is 0.0367. The molecule has 1 unspecified atom stereocenters. The minimum Gasteiger partial charge on any atom is -0.323 e. The maximum atomic E-state index is 13.1. The van der Waals surface area contributed by atoms with E-state index in [4.69, 9.17) is 17.3 Å². The van der Waals surface area contributed by atoms with Crippen LogP contribution in [0.4, 0.5) is 4.39 Å². The Hall–Kier alpha value is -0.970. The van der Waals surface area contributed by atoms with Gasteiger partial charge in [0, 0.05) is 16.5 Å². The van der Waals surface area contributed by atoms with Gasteiger partial charge in [0.2, 0.25) is 0 Å². The van der Waals surface area contributed by atoms with Gasteiger partial charge < -0.3 is 5.73 Å². The molecule has 1 aliphatic rings. The number of nitrogens with zero attached hydrogens (tertiary/aromatic N) is 1. The van der Waals surface area contributed by atoms with E-state index in [1.165, 1.54) is 10.9 Å². The Bertz CT molecular complexity index is 597. The van der Waals surface area contributed by atoms with Gasteiger partial charge in [0.15, 0.2) is 0 Å². The Morgan fingerprint density at radius 3 is 3.00 bits per heavy atom. The molecule has 1 aromatic carbocycles. The van der Waals surface area contributed by atoms with Crippen molar-refractivity contribution in [3.63, 3.8) is 0 Å². The first kappa shape index (κ1) is 12.1. The summed E-state index contributed by atoms with van der Waals surface area (Å²) in [4.78, 5) is 5.84. The minimum atomic E-state index is -0.404. The number of thiazole rings is 1. The van der Waals surface area contributed by atoms with E-state index in [2.05, 4.69) is 4.98 Å². The van der Waals surface area contributed by atoms with E-state index in [9.17, 15) is 4.39 Å². The summed E-state index contributed by atoms with van der Waals surface area (Å²) in [5.41, 5.74) is 7.91. The van der Waals surface area contributed by atoms with Crippen molar-refractivity contribution >= 4 is 22.9 Å². The zero-order valence-corrected chi connectivity index (χ0v) is 11.2. The van der Waals surface area contributed by atoms with Crippen LogP contribution >= 0.6 is 22.9 Å². The maximum Gasteiger partial charge on any atom is 0.141 e. The molecule has 0 amide bonds. The average Bonchev–Trinajstić information content (AvgIpc) is 2.78. The summed E-state index contributed by atoms with van der Waals surface area (Å²) < 4.78 is 13.1. The summed E-state index contributed by atoms with van der Waals surface area (Å²) in [5.74, 6) is -0.404. The SMILES string of the molecule is NC1CCCc2sc(-c3ccc(F)c(Cl)c3)nc21. The third kappa shape index (κ3) is 2.05. The van der Waals surface area contributed by atoms with Gasteiger partial charge in [-0.1, -0.05) is 11.6 Å². The molecule has 3 rings (SSSR count). The zero-order valence-electron chi connectivity index (χ0n) is 9.62. The molecule has 5 heteroatoms. The number of nitrogens with two attached hydrogens (primary N) is 1. The molecule has 1 aromatic heterocycles. The molecule has 1 aliphatic carbocycles. The number of aromatic nitrogens is 1. The van der Waals surface area contributed by atoms with Crippen LogP contribution in [-0.4, -0.2) is 4.98 Å². The van der Waals surface area contributed by atoms with Gasteiger partial charge in [-0.25, -0.2) is 9.37 Å². The monoisotopic (exact) mass is 282 g/mol. The van der Waals surface area contributed by atoms with Gasteiger partial charge in [0.05, 0.1) is 10.7 Å². The molecule has 0 bridgehead atoms. The molecule has 1 atom stereocenters. The first-order valence-electron chi connectivity index (χ1n) is 5.86. The molecule has 0 fully saturated rings. The van der Waals surface area contributed by atoms with Crippen LogP contribution < -0.4 is 5.73 Å². The lowest BCUT2D eigenvalue weighted by Crippen LogP contribution is -2.16. The summed E-state index contributed by atoms with van der Waals surface area (Å²) in [6, 6.07) is 4.73. The van der Waals surface area contributed by atoms with E-state index in [0.29, 0.717) is 0 Å². The highest BCUT2D eigenvalue weighted by Crippen LogP contribution is 2.36. The van der Waals surface area contributed by atoms with Crippen molar-refractivity contribution in [1.29, 1.82) is 0 Å². The van der Waals surface area contributed by atoms with E-state index in [1.54, 1.807) is 23.5 Å². The van der Waals surface area contributed by atoms with E-state index in [-0.39, 0.29) is 11.1 Å². The van der Waals surface area contributed by atoms with Gasteiger partial charge in [-0.05, 0) is 37.5 Å². The lowest BCUT2D eigenvalue weighted by Gasteiger charge is -2.15. The van der Waals surface area contributed by atoms with Crippen molar-refractivity contribution in [2.75, 3.05) is 0 Å². The fourth-order valence-electron chi connectivity index (χ4n) is 2.20. The van der Waals surface area contributed by atoms with Crippen LogP contribution in [0, 0.1) is 5.82 Å². The molecular weight excluding hydrogens is 271 g/mol. The standard InChI is InChI=1S/C13H12ClFN2S/c14-8-6-7(4-5-9(8)15)13-17-12-10(16)2-1-3-11(12)18-13/h4-6,10H,1-3,16H2. The summed E-state index contributed by atoms with van der Waals surface area (Å²) in [5, 5.41) is 1.00. The topological polar surface area (TPSA) is 38.9 Å². The third-order valence-electron chi connectivity index (χ3n) is 3.16. The molecule has 2 nitrogen and oxygen atoms in total. The second kappa shape index (κ2) is 4.61. The number of aryl methyl sites for hydroxylation is 1. The smallest absolute Gasteiger partial charge is 0.141 e. The van der Waals surface area contributed by atoms with Crippen molar-refractivity contribution in [3.05, 3.63) is 39.6 Å². The van der Waals surface area contributed by atoms with Crippen LogP contribution in [-0.2, 0) is 6.42 Å². The van der Waals surface area contributed by atoms with E-state index in [0.717, 1.165) is 35.5 Å². The third-order valence-corrected chi connectivity index (χ3v) is 4.63. The first-order chi connectivity index (χ1) is 8.65. The van der Waals surface area contributed by atoms with Crippen LogP contribution in [0.15, 0.2) is 18.2 Å². The summed E-state index contributed by atoms with van der Waals surface area (Å²) in [6.45, 7) is 0. The maximum absolute atomic E-state index is 13.1. The van der Waals surface area contributed by atoms with Crippen LogP contribution in [0.25, 0.3) is 10.6 Å². The Labute approximate surface area is 114 Å². The molecule has 2 N–H and O–H groups in total. The summed E-state index contributed by atoms with van der Waals surface area (Å²) >= 11 is 7.43. The molecule has 1 heterocycles. The molecule has 0 aliphatic heterocycles. The summed E-state index contributed by atoms with van der Waals surface area (Å²) in [7, 11) is 0. The Morgan fingerprint density at radius 1 is 1.44 bits per heavy atom. The van der Waals surface area contributed by atoms with Gasteiger partial charge >= 0.3 is 0 Å². The molecule has 0 saturated heterocycles. The van der Waals surface area contributed by atoms with Crippen molar-refractivity contribution in [2.24, 2.45) is 5.73 Å². The number of rotatable bonds is 1. The van der Waals surface area contributed by atoms with Gasteiger partial charge in [0.25, 0.3) is 0 Å². The van der Waals surface area contributed by atoms with E-state index >= 15 is 0 Å². The number of hydrogen-bond acceptors (Lipinski definition) is 3. The fourth-order valence-corrected chi connectivity index (χ4v) is 3.55. The van der Waals surface area contributed by atoms with Gasteiger partial charge in [-0.2, -0.15) is 0 Å². The van der Waals surface area contributed by atoms with Gasteiger partial charge in [-0.15, -0.1) is 11.3 Å². The van der Waals surface area contributed by atoms with Crippen LogP contribution in [0.2, 0.25) is 5.02 Å². The predicted molar refractivity (Wildman–Crippen MR) is 72.4 cm³/mol. The Balaban J connectivity index is 2.04. The largest absolute Gasteiger partial charge is 0.323 e. The second-order valence-electron chi connectivity index (χ2n) is 4.46.